The van der Waals surface area contributed by atoms with Crippen molar-refractivity contribution in [2.24, 2.45) is 7.05 Å². The van der Waals surface area contributed by atoms with Crippen molar-refractivity contribution in [2.45, 2.75) is 25.7 Å². The molecule has 2 aromatic heterocycles. The largest absolute Gasteiger partial charge is 0.481 e. The monoisotopic (exact) mass is 574 g/mol. The van der Waals surface area contributed by atoms with Gasteiger partial charge in [0.15, 0.2) is 0 Å². The Labute approximate surface area is 239 Å². The Balaban J connectivity index is 1.47. The smallest absolute Gasteiger partial charge is 0.409 e. The number of carboxylic acid groups (broad SMARTS) is 1. The lowest BCUT2D eigenvalue weighted by molar-refractivity contribution is -0.136. The van der Waals surface area contributed by atoms with E-state index in [0.29, 0.717) is 18.1 Å². The average molecular weight is 575 g/mol. The fourth-order valence-electron chi connectivity index (χ4n) is 5.67. The molecule has 1 amide bonds. The Morgan fingerprint density at radius 1 is 1.15 bits per heavy atom. The molecule has 8 nitrogen and oxygen atoms in total. The third kappa shape index (κ3) is 4.59. The van der Waals surface area contributed by atoms with Gasteiger partial charge >= 0.3 is 12.1 Å². The Kier molecular flexibility index (Phi) is 6.72. The molecular weight excluding hydrogens is 548 g/mol. The summed E-state index contributed by atoms with van der Waals surface area (Å²) in [7, 11) is 3.34. The van der Waals surface area contributed by atoms with Gasteiger partial charge in [-0.3, -0.25) is 9.48 Å². The van der Waals surface area contributed by atoms with Gasteiger partial charge in [-0.1, -0.05) is 23.7 Å². The van der Waals surface area contributed by atoms with Gasteiger partial charge < -0.3 is 14.7 Å². The number of ether oxygens (including phenoxy) is 1. The third-order valence-electron chi connectivity index (χ3n) is 7.61. The number of methoxy groups -OCH3 is 1. The molecule has 1 atom stereocenters. The second-order valence-corrected chi connectivity index (χ2v) is 11.6. The summed E-state index contributed by atoms with van der Waals surface area (Å²) in [5.74, 6) is -0.763. The highest BCUT2D eigenvalue weighted by Crippen LogP contribution is 2.42. The van der Waals surface area contributed by atoms with E-state index in [2.05, 4.69) is 12.1 Å². The molecule has 1 N–H and O–H groups in total. The number of benzene rings is 3. The lowest BCUT2D eigenvalue weighted by atomic mass is 9.93. The molecule has 5 aromatic rings. The number of likely N-dealkylation sites (tertiary alicyclic amines) is 1. The first-order valence-electron chi connectivity index (χ1n) is 12.9. The summed E-state index contributed by atoms with van der Waals surface area (Å²) in [5, 5.41) is 17.0. The number of aryl methyl sites for hydroxylation is 2. The summed E-state index contributed by atoms with van der Waals surface area (Å²) in [6.45, 7) is 3.14. The predicted octanol–water partition coefficient (Wildman–Crippen LogP) is 6.66. The first-order chi connectivity index (χ1) is 19.2. The molecule has 1 aliphatic rings. The van der Waals surface area contributed by atoms with E-state index in [1.807, 2.05) is 55.1 Å². The maximum Gasteiger partial charge on any atom is 0.409 e. The predicted molar refractivity (Wildman–Crippen MR) is 157 cm³/mol. The molecular formula is C30H27ClN4O4S. The van der Waals surface area contributed by atoms with Crippen LogP contribution in [0.2, 0.25) is 5.02 Å². The Morgan fingerprint density at radius 2 is 1.90 bits per heavy atom. The van der Waals surface area contributed by atoms with Gasteiger partial charge in [0.2, 0.25) is 0 Å². The maximum atomic E-state index is 12.1. The molecule has 204 valence electrons. The normalized spacial score (nSPS) is 15.3. The van der Waals surface area contributed by atoms with Gasteiger partial charge in [-0.15, -0.1) is 11.3 Å². The van der Waals surface area contributed by atoms with Gasteiger partial charge in [0, 0.05) is 47.6 Å². The van der Waals surface area contributed by atoms with Gasteiger partial charge in [0.1, 0.15) is 5.01 Å². The number of amides is 1. The summed E-state index contributed by atoms with van der Waals surface area (Å²) in [5.41, 5.74) is 7.22. The lowest BCUT2D eigenvalue weighted by Gasteiger charge is -2.13. The molecule has 6 rings (SSSR count). The Hall–Kier alpha value is -3.95. The molecule has 1 fully saturated rings. The number of thiazole rings is 1. The molecule has 1 aliphatic heterocycles. The van der Waals surface area contributed by atoms with Gasteiger partial charge in [0.25, 0.3) is 0 Å². The Bertz CT molecular complexity index is 1790. The van der Waals surface area contributed by atoms with Crippen molar-refractivity contribution >= 4 is 56.1 Å². The van der Waals surface area contributed by atoms with Crippen molar-refractivity contribution in [3.05, 3.63) is 70.4 Å². The number of carbonyl (C=O) groups is 2. The van der Waals surface area contributed by atoms with Crippen LogP contribution in [-0.4, -0.2) is 57.0 Å². The first kappa shape index (κ1) is 26.3. The number of rotatable bonds is 5. The number of halogens is 1. The van der Waals surface area contributed by atoms with Crippen LogP contribution in [0.4, 0.5) is 4.79 Å². The van der Waals surface area contributed by atoms with Gasteiger partial charge in [-0.05, 0) is 66.4 Å². The summed E-state index contributed by atoms with van der Waals surface area (Å²) in [4.78, 5) is 30.6. The third-order valence-corrected chi connectivity index (χ3v) is 9.00. The quantitative estimate of drug-likeness (QED) is 0.252. The summed E-state index contributed by atoms with van der Waals surface area (Å²) < 4.78 is 7.74. The second kappa shape index (κ2) is 10.2. The highest BCUT2D eigenvalue weighted by molar-refractivity contribution is 7.22. The van der Waals surface area contributed by atoms with Crippen molar-refractivity contribution in [1.82, 2.24) is 19.7 Å². The number of aliphatic carboxylic acids is 1. The van der Waals surface area contributed by atoms with E-state index >= 15 is 0 Å². The van der Waals surface area contributed by atoms with Crippen LogP contribution in [-0.2, 0) is 23.0 Å². The van der Waals surface area contributed by atoms with Crippen molar-refractivity contribution in [3.8, 4) is 21.7 Å². The molecule has 1 saturated heterocycles. The van der Waals surface area contributed by atoms with Crippen molar-refractivity contribution < 1.29 is 19.4 Å². The zero-order chi connectivity index (χ0) is 28.1. The number of nitrogens with zero attached hydrogens (tertiary/aromatic N) is 4. The minimum absolute atomic E-state index is 0.0814. The molecule has 10 heteroatoms. The van der Waals surface area contributed by atoms with E-state index in [0.717, 1.165) is 66.1 Å². The van der Waals surface area contributed by atoms with E-state index in [1.54, 1.807) is 16.2 Å². The number of aromatic nitrogens is 3. The van der Waals surface area contributed by atoms with Crippen LogP contribution in [0, 0.1) is 6.92 Å². The molecule has 0 aliphatic carbocycles. The van der Waals surface area contributed by atoms with E-state index in [9.17, 15) is 14.7 Å². The fourth-order valence-corrected chi connectivity index (χ4v) is 6.93. The number of hydrogen-bond acceptors (Lipinski definition) is 6. The number of hydrogen-bond donors (Lipinski definition) is 1. The van der Waals surface area contributed by atoms with E-state index in [1.165, 1.54) is 7.11 Å². The highest BCUT2D eigenvalue weighted by Gasteiger charge is 2.31. The maximum absolute atomic E-state index is 12.1. The van der Waals surface area contributed by atoms with E-state index < -0.39 is 5.97 Å². The van der Waals surface area contributed by atoms with Gasteiger partial charge in [0.05, 0.1) is 35.0 Å². The van der Waals surface area contributed by atoms with Crippen LogP contribution in [0.15, 0.2) is 48.5 Å². The molecule has 0 spiro atoms. The summed E-state index contributed by atoms with van der Waals surface area (Å²) in [6, 6.07) is 15.7. The average Bonchev–Trinajstić information content (AvgIpc) is 3.66. The standard InChI is InChI=1S/C30H27ClN4O4S/c1-16-12-23-28(26(21(16)14-25(36)37)17-4-7-20(31)8-5-17)40-29(32-23)18-6-9-24-22(13-18)27(33-34(24)2)19-10-11-35(15-19)30(38)39-3/h4-9,12-13,19H,10-11,14-15H2,1-3H3,(H,36,37). The van der Waals surface area contributed by atoms with Crippen LogP contribution in [0.3, 0.4) is 0 Å². The van der Waals surface area contributed by atoms with Gasteiger partial charge in [-0.2, -0.15) is 5.10 Å². The van der Waals surface area contributed by atoms with Crippen LogP contribution in [0.5, 0.6) is 0 Å². The highest BCUT2D eigenvalue weighted by atomic mass is 35.5. The van der Waals surface area contributed by atoms with Crippen molar-refractivity contribution in [2.75, 3.05) is 20.2 Å². The summed E-state index contributed by atoms with van der Waals surface area (Å²) >= 11 is 7.71. The lowest BCUT2D eigenvalue weighted by Crippen LogP contribution is -2.28. The minimum atomic E-state index is -0.880. The zero-order valence-electron chi connectivity index (χ0n) is 22.3. The van der Waals surface area contributed by atoms with Crippen LogP contribution >= 0.6 is 22.9 Å². The molecule has 0 bridgehead atoms. The Morgan fingerprint density at radius 3 is 2.62 bits per heavy atom. The molecule has 1 unspecified atom stereocenters. The molecule has 0 saturated carbocycles. The minimum Gasteiger partial charge on any atom is -0.481 e. The molecule has 3 aromatic carbocycles. The fraction of sp³-hybridized carbons (Fsp3) is 0.267. The van der Waals surface area contributed by atoms with Gasteiger partial charge in [-0.25, -0.2) is 9.78 Å². The van der Waals surface area contributed by atoms with E-state index in [-0.39, 0.29) is 18.4 Å². The topological polar surface area (TPSA) is 97.5 Å². The van der Waals surface area contributed by atoms with E-state index in [4.69, 9.17) is 26.4 Å². The second-order valence-electron chi connectivity index (χ2n) is 10.1. The SMILES string of the molecule is COC(=O)N1CCC(c2nn(C)c3ccc(-c4nc5cc(C)c(CC(=O)O)c(-c6ccc(Cl)cc6)c5s4)cc23)C1. The molecule has 40 heavy (non-hydrogen) atoms. The first-order valence-corrected chi connectivity index (χ1v) is 14.1. The van der Waals surface area contributed by atoms with Crippen LogP contribution in [0.1, 0.15) is 29.2 Å². The molecule has 3 heterocycles. The number of fused-ring (bicyclic) bond motifs is 2. The van der Waals surface area contributed by atoms with Crippen molar-refractivity contribution in [1.29, 1.82) is 0 Å². The summed E-state index contributed by atoms with van der Waals surface area (Å²) in [6.07, 6.45) is 0.428. The number of carbonyl (C=O) groups excluding carboxylic acids is 1. The van der Waals surface area contributed by atoms with Crippen molar-refractivity contribution in [3.63, 3.8) is 0 Å². The molecule has 0 radical (unpaired) electrons. The number of carboxylic acids is 1. The van der Waals surface area contributed by atoms with Crippen LogP contribution < -0.4 is 0 Å². The zero-order valence-corrected chi connectivity index (χ0v) is 23.8. The van der Waals surface area contributed by atoms with Crippen LogP contribution in [0.25, 0.3) is 42.8 Å².